The van der Waals surface area contributed by atoms with Crippen LogP contribution < -0.4 is 5.32 Å². The van der Waals surface area contributed by atoms with Gasteiger partial charge in [-0.05, 0) is 31.6 Å². The summed E-state index contributed by atoms with van der Waals surface area (Å²) in [6, 6.07) is 0. The number of unbranched alkanes of at least 4 members (excludes halogenated alkanes) is 1. The Balaban J connectivity index is 1.94. The molecule has 1 amide bonds. The number of carbonyl (C=O) groups is 1. The number of rotatable bonds is 6. The Morgan fingerprint density at radius 1 is 1.44 bits per heavy atom. The average molecular weight is 229 g/mol. The second kappa shape index (κ2) is 8.39. The van der Waals surface area contributed by atoms with Gasteiger partial charge in [-0.3, -0.25) is 0 Å². The zero-order chi connectivity index (χ0) is 11.6. The first-order valence-electron chi connectivity index (χ1n) is 6.31. The van der Waals surface area contributed by atoms with Crippen LogP contribution >= 0.6 is 0 Å². The number of carbonyl (C=O) groups excluding carboxylic acids is 1. The van der Waals surface area contributed by atoms with E-state index in [-0.39, 0.29) is 6.09 Å². The minimum atomic E-state index is -0.277. The number of nitrogens with one attached hydrogen (secondary N) is 1. The molecule has 1 heterocycles. The number of amides is 1. The zero-order valence-corrected chi connectivity index (χ0v) is 10.2. The maximum absolute atomic E-state index is 11.2. The first kappa shape index (κ1) is 13.3. The maximum Gasteiger partial charge on any atom is 0.407 e. The summed E-state index contributed by atoms with van der Waals surface area (Å²) >= 11 is 0. The maximum atomic E-state index is 11.2. The number of ether oxygens (including phenoxy) is 2. The molecule has 0 radical (unpaired) electrons. The Morgan fingerprint density at radius 2 is 2.19 bits per heavy atom. The first-order chi connectivity index (χ1) is 7.83. The van der Waals surface area contributed by atoms with E-state index in [4.69, 9.17) is 9.47 Å². The number of hydrogen-bond donors (Lipinski definition) is 1. The van der Waals surface area contributed by atoms with Crippen LogP contribution in [0.25, 0.3) is 0 Å². The van der Waals surface area contributed by atoms with Gasteiger partial charge in [-0.2, -0.15) is 0 Å². The molecule has 1 saturated heterocycles. The van der Waals surface area contributed by atoms with Gasteiger partial charge in [0.15, 0.2) is 0 Å². The lowest BCUT2D eigenvalue weighted by atomic mass is 9.97. The van der Waals surface area contributed by atoms with Crippen molar-refractivity contribution >= 4 is 6.09 Å². The second-order valence-corrected chi connectivity index (χ2v) is 4.26. The molecule has 0 bridgehead atoms. The lowest BCUT2D eigenvalue weighted by Crippen LogP contribution is -2.28. The Morgan fingerprint density at radius 3 is 2.88 bits per heavy atom. The normalized spacial score (nSPS) is 17.1. The summed E-state index contributed by atoms with van der Waals surface area (Å²) in [6.07, 6.45) is 4.98. The molecule has 1 aliphatic heterocycles. The van der Waals surface area contributed by atoms with E-state index in [2.05, 4.69) is 12.2 Å². The quantitative estimate of drug-likeness (QED) is 0.711. The van der Waals surface area contributed by atoms with Crippen molar-refractivity contribution in [2.24, 2.45) is 5.92 Å². The monoisotopic (exact) mass is 229 g/mol. The minimum Gasteiger partial charge on any atom is -0.450 e. The molecule has 4 nitrogen and oxygen atoms in total. The SMILES string of the molecule is CCCCOC(=O)NCCC1CCOCC1. The van der Waals surface area contributed by atoms with Crippen LogP contribution in [-0.2, 0) is 9.47 Å². The molecule has 1 rings (SSSR count). The molecule has 0 aliphatic carbocycles. The van der Waals surface area contributed by atoms with Gasteiger partial charge in [0, 0.05) is 19.8 Å². The zero-order valence-electron chi connectivity index (χ0n) is 10.2. The van der Waals surface area contributed by atoms with E-state index < -0.39 is 0 Å². The molecular formula is C12H23NO3. The summed E-state index contributed by atoms with van der Waals surface area (Å²) in [6.45, 7) is 5.05. The summed E-state index contributed by atoms with van der Waals surface area (Å²) in [5.74, 6) is 0.699. The number of hydrogen-bond acceptors (Lipinski definition) is 3. The summed E-state index contributed by atoms with van der Waals surface area (Å²) in [7, 11) is 0. The van der Waals surface area contributed by atoms with E-state index >= 15 is 0 Å². The lowest BCUT2D eigenvalue weighted by Gasteiger charge is -2.21. The van der Waals surface area contributed by atoms with Crippen molar-refractivity contribution in [2.45, 2.75) is 39.0 Å². The van der Waals surface area contributed by atoms with Crippen molar-refractivity contribution in [1.29, 1.82) is 0 Å². The van der Waals surface area contributed by atoms with Gasteiger partial charge >= 0.3 is 6.09 Å². The van der Waals surface area contributed by atoms with Crippen LogP contribution in [0.1, 0.15) is 39.0 Å². The highest BCUT2D eigenvalue weighted by Gasteiger charge is 2.13. The molecule has 4 heteroatoms. The van der Waals surface area contributed by atoms with Crippen LogP contribution in [-0.4, -0.2) is 32.5 Å². The van der Waals surface area contributed by atoms with Gasteiger partial charge in [0.1, 0.15) is 0 Å². The standard InChI is InChI=1S/C12H23NO3/c1-2-3-8-16-12(14)13-7-4-11-5-9-15-10-6-11/h11H,2-10H2,1H3,(H,13,14). The van der Waals surface area contributed by atoms with Crippen molar-refractivity contribution in [3.05, 3.63) is 0 Å². The predicted molar refractivity (Wildman–Crippen MR) is 62.4 cm³/mol. The van der Waals surface area contributed by atoms with Crippen LogP contribution in [0, 0.1) is 5.92 Å². The highest BCUT2D eigenvalue weighted by Crippen LogP contribution is 2.17. The van der Waals surface area contributed by atoms with Crippen molar-refractivity contribution in [3.63, 3.8) is 0 Å². The van der Waals surface area contributed by atoms with Crippen molar-refractivity contribution in [2.75, 3.05) is 26.4 Å². The lowest BCUT2D eigenvalue weighted by molar-refractivity contribution is 0.0637. The topological polar surface area (TPSA) is 47.6 Å². The molecule has 16 heavy (non-hydrogen) atoms. The Bertz CT molecular complexity index is 191. The molecule has 1 N–H and O–H groups in total. The Kier molecular flexibility index (Phi) is 6.97. The summed E-state index contributed by atoms with van der Waals surface area (Å²) in [4.78, 5) is 11.2. The predicted octanol–water partition coefficient (Wildman–Crippen LogP) is 2.33. The fourth-order valence-electron chi connectivity index (χ4n) is 1.77. The fourth-order valence-corrected chi connectivity index (χ4v) is 1.77. The Labute approximate surface area is 97.7 Å². The fraction of sp³-hybridized carbons (Fsp3) is 0.917. The van der Waals surface area contributed by atoms with Gasteiger partial charge in [-0.15, -0.1) is 0 Å². The van der Waals surface area contributed by atoms with Crippen molar-refractivity contribution in [1.82, 2.24) is 5.32 Å². The first-order valence-corrected chi connectivity index (χ1v) is 6.31. The van der Waals surface area contributed by atoms with E-state index in [1.54, 1.807) is 0 Å². The van der Waals surface area contributed by atoms with Gasteiger partial charge < -0.3 is 14.8 Å². The molecule has 0 spiro atoms. The van der Waals surface area contributed by atoms with E-state index in [0.717, 1.165) is 51.9 Å². The molecule has 0 atom stereocenters. The average Bonchev–Trinajstić information content (AvgIpc) is 2.31. The van der Waals surface area contributed by atoms with Gasteiger partial charge in [0.25, 0.3) is 0 Å². The second-order valence-electron chi connectivity index (χ2n) is 4.26. The molecule has 0 aromatic carbocycles. The molecule has 1 aliphatic rings. The molecule has 94 valence electrons. The van der Waals surface area contributed by atoms with Crippen LogP contribution in [0.4, 0.5) is 4.79 Å². The van der Waals surface area contributed by atoms with E-state index in [9.17, 15) is 4.79 Å². The minimum absolute atomic E-state index is 0.277. The van der Waals surface area contributed by atoms with E-state index in [1.807, 2.05) is 0 Å². The van der Waals surface area contributed by atoms with Gasteiger partial charge in [-0.25, -0.2) is 4.79 Å². The largest absolute Gasteiger partial charge is 0.450 e. The summed E-state index contributed by atoms with van der Waals surface area (Å²) in [5.41, 5.74) is 0. The highest BCUT2D eigenvalue weighted by atomic mass is 16.5. The highest BCUT2D eigenvalue weighted by molar-refractivity contribution is 5.66. The third-order valence-electron chi connectivity index (χ3n) is 2.89. The van der Waals surface area contributed by atoms with E-state index in [0.29, 0.717) is 12.5 Å². The number of alkyl carbamates (subject to hydrolysis) is 1. The van der Waals surface area contributed by atoms with Crippen molar-refractivity contribution in [3.8, 4) is 0 Å². The molecule has 0 unspecified atom stereocenters. The van der Waals surface area contributed by atoms with Crippen LogP contribution in [0.5, 0.6) is 0 Å². The van der Waals surface area contributed by atoms with Crippen molar-refractivity contribution < 1.29 is 14.3 Å². The van der Waals surface area contributed by atoms with Crippen LogP contribution in [0.15, 0.2) is 0 Å². The molecule has 0 aromatic rings. The molecule has 0 aromatic heterocycles. The van der Waals surface area contributed by atoms with Crippen LogP contribution in [0.3, 0.4) is 0 Å². The van der Waals surface area contributed by atoms with Gasteiger partial charge in [-0.1, -0.05) is 13.3 Å². The van der Waals surface area contributed by atoms with E-state index in [1.165, 1.54) is 0 Å². The van der Waals surface area contributed by atoms with Gasteiger partial charge in [0.2, 0.25) is 0 Å². The summed E-state index contributed by atoms with van der Waals surface area (Å²) < 4.78 is 10.3. The molecule has 0 saturated carbocycles. The third-order valence-corrected chi connectivity index (χ3v) is 2.89. The third kappa shape index (κ3) is 5.95. The summed E-state index contributed by atoms with van der Waals surface area (Å²) in [5, 5.41) is 2.79. The smallest absolute Gasteiger partial charge is 0.407 e. The van der Waals surface area contributed by atoms with Gasteiger partial charge in [0.05, 0.1) is 6.61 Å². The Hall–Kier alpha value is -0.770. The molecular weight excluding hydrogens is 206 g/mol. The van der Waals surface area contributed by atoms with Crippen LogP contribution in [0.2, 0.25) is 0 Å². The molecule has 1 fully saturated rings.